The number of sulfonamides is 1. The maximum atomic E-state index is 13.7. The van der Waals surface area contributed by atoms with Crippen molar-refractivity contribution in [3.05, 3.63) is 59.9 Å². The highest BCUT2D eigenvalue weighted by Gasteiger charge is 2.44. The SMILES string of the molecule is CCOC(=O)C[C@H]1c2cc(F)ccc2S(=O)(=O)N1c1ccccc1. The van der Waals surface area contributed by atoms with E-state index in [1.54, 1.807) is 37.3 Å². The van der Waals surface area contributed by atoms with Gasteiger partial charge < -0.3 is 4.74 Å². The number of esters is 1. The predicted octanol–water partition coefficient (Wildman–Crippen LogP) is 3.03. The quantitative estimate of drug-likeness (QED) is 0.796. The largest absolute Gasteiger partial charge is 0.466 e. The predicted molar refractivity (Wildman–Crippen MR) is 86.5 cm³/mol. The standard InChI is InChI=1S/C17H16FNO4S/c1-2-23-17(20)11-15-14-10-12(18)8-9-16(14)24(21,22)19(15)13-6-4-3-5-7-13/h3-10,15H,2,11H2,1H3/t15-/m0/s1. The Bertz CT molecular complexity index is 867. The Kier molecular flexibility index (Phi) is 4.28. The molecule has 126 valence electrons. The van der Waals surface area contributed by atoms with Gasteiger partial charge in [-0.15, -0.1) is 0 Å². The van der Waals surface area contributed by atoms with Crippen molar-refractivity contribution in [1.82, 2.24) is 0 Å². The molecule has 0 fully saturated rings. The van der Waals surface area contributed by atoms with Gasteiger partial charge >= 0.3 is 5.97 Å². The monoisotopic (exact) mass is 349 g/mol. The fourth-order valence-corrected chi connectivity index (χ4v) is 4.75. The molecule has 1 heterocycles. The summed E-state index contributed by atoms with van der Waals surface area (Å²) < 4.78 is 45.6. The number of carbonyl (C=O) groups is 1. The fourth-order valence-electron chi connectivity index (χ4n) is 2.88. The maximum Gasteiger partial charge on any atom is 0.308 e. The van der Waals surface area contributed by atoms with Crippen molar-refractivity contribution in [2.45, 2.75) is 24.3 Å². The number of ether oxygens (including phenoxy) is 1. The van der Waals surface area contributed by atoms with E-state index < -0.39 is 27.9 Å². The minimum absolute atomic E-state index is 0.0158. The second-order valence-corrected chi connectivity index (χ2v) is 7.13. The zero-order valence-electron chi connectivity index (χ0n) is 13.0. The molecule has 2 aromatic carbocycles. The van der Waals surface area contributed by atoms with Crippen LogP contribution in [0.25, 0.3) is 0 Å². The number of anilines is 1. The zero-order chi connectivity index (χ0) is 17.3. The highest BCUT2D eigenvalue weighted by atomic mass is 32.2. The van der Waals surface area contributed by atoms with Gasteiger partial charge in [-0.1, -0.05) is 18.2 Å². The number of benzene rings is 2. The molecule has 1 atom stereocenters. The lowest BCUT2D eigenvalue weighted by atomic mass is 10.0. The summed E-state index contributed by atoms with van der Waals surface area (Å²) in [6.07, 6.45) is -0.182. The van der Waals surface area contributed by atoms with E-state index >= 15 is 0 Å². The molecule has 0 spiro atoms. The lowest BCUT2D eigenvalue weighted by Gasteiger charge is -2.25. The number of rotatable bonds is 4. The number of para-hydroxylation sites is 1. The number of hydrogen-bond donors (Lipinski definition) is 0. The molecule has 24 heavy (non-hydrogen) atoms. The number of nitrogens with zero attached hydrogens (tertiary/aromatic N) is 1. The molecule has 0 aliphatic carbocycles. The van der Waals surface area contributed by atoms with Gasteiger partial charge in [0.25, 0.3) is 10.0 Å². The van der Waals surface area contributed by atoms with Gasteiger partial charge in [0.15, 0.2) is 0 Å². The van der Waals surface area contributed by atoms with E-state index in [9.17, 15) is 17.6 Å². The van der Waals surface area contributed by atoms with Gasteiger partial charge in [-0.25, -0.2) is 12.8 Å². The number of carbonyl (C=O) groups excluding carboxylic acids is 1. The average Bonchev–Trinajstić information content (AvgIpc) is 2.75. The molecule has 0 radical (unpaired) electrons. The molecule has 0 saturated carbocycles. The van der Waals surface area contributed by atoms with Crippen LogP contribution in [0.15, 0.2) is 53.4 Å². The summed E-state index contributed by atoms with van der Waals surface area (Å²) in [6.45, 7) is 1.87. The van der Waals surface area contributed by atoms with Crippen molar-refractivity contribution in [2.75, 3.05) is 10.9 Å². The maximum absolute atomic E-state index is 13.7. The molecule has 1 aliphatic rings. The number of fused-ring (bicyclic) bond motifs is 1. The Labute approximate surface area is 139 Å². The van der Waals surface area contributed by atoms with Crippen LogP contribution in [-0.2, 0) is 19.6 Å². The van der Waals surface area contributed by atoms with Crippen LogP contribution < -0.4 is 4.31 Å². The third-order valence-electron chi connectivity index (χ3n) is 3.83. The van der Waals surface area contributed by atoms with Crippen LogP contribution in [0.1, 0.15) is 24.9 Å². The van der Waals surface area contributed by atoms with Crippen molar-refractivity contribution >= 4 is 21.7 Å². The van der Waals surface area contributed by atoms with Crippen LogP contribution in [0.4, 0.5) is 10.1 Å². The molecule has 0 saturated heterocycles. The third-order valence-corrected chi connectivity index (χ3v) is 5.74. The highest BCUT2D eigenvalue weighted by Crippen LogP contribution is 2.44. The Balaban J connectivity index is 2.13. The molecule has 7 heteroatoms. The van der Waals surface area contributed by atoms with Crippen LogP contribution in [-0.4, -0.2) is 21.0 Å². The highest BCUT2D eigenvalue weighted by molar-refractivity contribution is 7.93. The summed E-state index contributed by atoms with van der Waals surface area (Å²) in [6, 6.07) is 11.1. The van der Waals surface area contributed by atoms with Gasteiger partial charge in [0.1, 0.15) is 5.82 Å². The van der Waals surface area contributed by atoms with E-state index in [0.717, 1.165) is 10.4 Å². The molecule has 0 N–H and O–H groups in total. The van der Waals surface area contributed by atoms with Gasteiger partial charge in [-0.3, -0.25) is 9.10 Å². The van der Waals surface area contributed by atoms with Gasteiger partial charge in [-0.05, 0) is 42.8 Å². The van der Waals surface area contributed by atoms with Gasteiger partial charge in [0.2, 0.25) is 0 Å². The Morgan fingerprint density at radius 1 is 1.21 bits per heavy atom. The van der Waals surface area contributed by atoms with Gasteiger partial charge in [0.05, 0.1) is 29.7 Å². The molecule has 0 aromatic heterocycles. The van der Waals surface area contributed by atoms with Crippen LogP contribution in [0.2, 0.25) is 0 Å². The summed E-state index contributed by atoms with van der Waals surface area (Å²) in [5.74, 6) is -1.08. The van der Waals surface area contributed by atoms with E-state index in [1.807, 2.05) is 0 Å². The topological polar surface area (TPSA) is 63.7 Å². The Morgan fingerprint density at radius 3 is 2.58 bits per heavy atom. The van der Waals surface area contributed by atoms with E-state index in [-0.39, 0.29) is 23.5 Å². The van der Waals surface area contributed by atoms with Crippen LogP contribution >= 0.6 is 0 Å². The van der Waals surface area contributed by atoms with Crippen LogP contribution in [0, 0.1) is 5.82 Å². The van der Waals surface area contributed by atoms with E-state index in [4.69, 9.17) is 4.74 Å². The van der Waals surface area contributed by atoms with Crippen LogP contribution in [0.3, 0.4) is 0 Å². The minimum Gasteiger partial charge on any atom is -0.466 e. The first-order valence-corrected chi connectivity index (χ1v) is 8.93. The lowest BCUT2D eigenvalue weighted by molar-refractivity contribution is -0.143. The molecule has 2 aromatic rings. The average molecular weight is 349 g/mol. The second kappa shape index (κ2) is 6.24. The molecular formula is C17H16FNO4S. The van der Waals surface area contributed by atoms with E-state index in [2.05, 4.69) is 0 Å². The van der Waals surface area contributed by atoms with Crippen molar-refractivity contribution in [1.29, 1.82) is 0 Å². The summed E-state index contributed by atoms with van der Waals surface area (Å²) >= 11 is 0. The van der Waals surface area contributed by atoms with E-state index in [1.165, 1.54) is 12.1 Å². The zero-order valence-corrected chi connectivity index (χ0v) is 13.8. The fraction of sp³-hybridized carbons (Fsp3) is 0.235. The first kappa shape index (κ1) is 16.4. The first-order valence-electron chi connectivity index (χ1n) is 7.49. The molecular weight excluding hydrogens is 333 g/mol. The summed E-state index contributed by atoms with van der Waals surface area (Å²) in [4.78, 5) is 12.0. The Morgan fingerprint density at radius 2 is 1.92 bits per heavy atom. The smallest absolute Gasteiger partial charge is 0.308 e. The minimum atomic E-state index is -3.87. The third kappa shape index (κ3) is 2.75. The molecule has 3 rings (SSSR count). The van der Waals surface area contributed by atoms with E-state index in [0.29, 0.717) is 5.69 Å². The molecule has 1 aliphatic heterocycles. The number of hydrogen-bond acceptors (Lipinski definition) is 4. The van der Waals surface area contributed by atoms with Crippen molar-refractivity contribution in [3.63, 3.8) is 0 Å². The van der Waals surface area contributed by atoms with Gasteiger partial charge in [0, 0.05) is 0 Å². The molecule has 5 nitrogen and oxygen atoms in total. The normalized spacial score (nSPS) is 18.2. The Hall–Kier alpha value is -2.41. The molecule has 0 unspecified atom stereocenters. The van der Waals surface area contributed by atoms with Crippen molar-refractivity contribution in [3.8, 4) is 0 Å². The summed E-state index contributed by atoms with van der Waals surface area (Å²) in [7, 11) is -3.87. The molecule has 0 amide bonds. The van der Waals surface area contributed by atoms with Crippen molar-refractivity contribution in [2.24, 2.45) is 0 Å². The molecule has 0 bridgehead atoms. The lowest BCUT2D eigenvalue weighted by Crippen LogP contribution is -2.30. The summed E-state index contributed by atoms with van der Waals surface area (Å²) in [5.41, 5.74) is 0.690. The van der Waals surface area contributed by atoms with Crippen molar-refractivity contribution < 1.29 is 22.3 Å². The second-order valence-electron chi connectivity index (χ2n) is 5.34. The summed E-state index contributed by atoms with van der Waals surface area (Å²) in [5, 5.41) is 0. The van der Waals surface area contributed by atoms with Gasteiger partial charge in [-0.2, -0.15) is 0 Å². The van der Waals surface area contributed by atoms with Crippen LogP contribution in [0.5, 0.6) is 0 Å². The first-order chi connectivity index (χ1) is 11.4. The number of halogens is 1.